The van der Waals surface area contributed by atoms with E-state index in [0.717, 1.165) is 6.07 Å². The molecule has 8 heteroatoms. The maximum absolute atomic E-state index is 12.9. The fourth-order valence-electron chi connectivity index (χ4n) is 1.08. The maximum atomic E-state index is 12.9. The lowest BCUT2D eigenvalue weighted by atomic mass is 10.2. The quantitative estimate of drug-likeness (QED) is 0.799. The Balaban J connectivity index is 2.83. The maximum Gasteiger partial charge on any atom is 0.419 e. The molecule has 0 aliphatic carbocycles. The van der Waals surface area contributed by atoms with Gasteiger partial charge >= 0.3 is 6.18 Å². The minimum Gasteiger partial charge on any atom is -0.491 e. The Morgan fingerprint density at radius 3 is 2.50 bits per heavy atom. The Morgan fingerprint density at radius 1 is 1.39 bits per heavy atom. The third kappa shape index (κ3) is 3.59. The van der Waals surface area contributed by atoms with Crippen LogP contribution in [0, 0.1) is 5.82 Å². The van der Waals surface area contributed by atoms with E-state index in [1.165, 1.54) is 0 Å². The molecule has 0 saturated heterocycles. The summed E-state index contributed by atoms with van der Waals surface area (Å²) in [5.41, 5.74) is 8.61. The molecule has 1 amide bonds. The van der Waals surface area contributed by atoms with Crippen molar-refractivity contribution in [2.24, 2.45) is 11.5 Å². The predicted octanol–water partition coefficient (Wildman–Crippen LogP) is 1.04. The van der Waals surface area contributed by atoms with Gasteiger partial charge in [0.05, 0.1) is 5.56 Å². The average Bonchev–Trinajstić information content (AvgIpc) is 2.25. The molecule has 0 fully saturated rings. The van der Waals surface area contributed by atoms with Gasteiger partial charge < -0.3 is 16.2 Å². The van der Waals surface area contributed by atoms with Gasteiger partial charge in [-0.15, -0.1) is 0 Å². The van der Waals surface area contributed by atoms with Crippen LogP contribution in [0.1, 0.15) is 5.56 Å². The van der Waals surface area contributed by atoms with Gasteiger partial charge in [-0.2, -0.15) is 13.2 Å². The van der Waals surface area contributed by atoms with Crippen LogP contribution in [-0.4, -0.2) is 18.6 Å². The number of primary amides is 1. The fraction of sp³-hybridized carbons (Fsp3) is 0.300. The molecule has 0 saturated carbocycles. The fourth-order valence-corrected chi connectivity index (χ4v) is 1.08. The number of rotatable bonds is 4. The minimum atomic E-state index is -4.82. The highest BCUT2D eigenvalue weighted by atomic mass is 19.4. The number of hydrogen-bond acceptors (Lipinski definition) is 3. The first-order valence-electron chi connectivity index (χ1n) is 4.76. The summed E-state index contributed by atoms with van der Waals surface area (Å²) in [4.78, 5) is 10.6. The molecule has 4 nitrogen and oxygen atoms in total. The molecule has 1 atom stereocenters. The van der Waals surface area contributed by atoms with Crippen molar-refractivity contribution >= 4 is 5.91 Å². The second-order valence-corrected chi connectivity index (χ2v) is 3.46. The Hall–Kier alpha value is -1.83. The molecule has 0 spiro atoms. The summed E-state index contributed by atoms with van der Waals surface area (Å²) >= 11 is 0. The number of ether oxygens (including phenoxy) is 1. The van der Waals surface area contributed by atoms with Gasteiger partial charge in [0.2, 0.25) is 5.91 Å². The van der Waals surface area contributed by atoms with Gasteiger partial charge in [-0.1, -0.05) is 0 Å². The van der Waals surface area contributed by atoms with Crippen LogP contribution in [0.3, 0.4) is 0 Å². The Labute approximate surface area is 99.5 Å². The van der Waals surface area contributed by atoms with Crippen molar-refractivity contribution in [3.05, 3.63) is 29.6 Å². The van der Waals surface area contributed by atoms with Gasteiger partial charge in [0.15, 0.2) is 0 Å². The zero-order valence-electron chi connectivity index (χ0n) is 9.00. The molecule has 1 aromatic carbocycles. The number of benzene rings is 1. The summed E-state index contributed by atoms with van der Waals surface area (Å²) in [7, 11) is 0. The summed E-state index contributed by atoms with van der Waals surface area (Å²) in [5, 5.41) is 0. The number of carbonyl (C=O) groups excluding carboxylic acids is 1. The summed E-state index contributed by atoms with van der Waals surface area (Å²) in [5.74, 6) is -2.51. The third-order valence-corrected chi connectivity index (χ3v) is 2.04. The highest BCUT2D eigenvalue weighted by molar-refractivity contribution is 5.79. The van der Waals surface area contributed by atoms with Crippen LogP contribution >= 0.6 is 0 Å². The predicted molar refractivity (Wildman–Crippen MR) is 54.1 cm³/mol. The molecule has 0 aromatic heterocycles. The van der Waals surface area contributed by atoms with E-state index in [9.17, 15) is 22.4 Å². The lowest BCUT2D eigenvalue weighted by Crippen LogP contribution is -2.41. The molecule has 0 radical (unpaired) electrons. The molecule has 0 heterocycles. The van der Waals surface area contributed by atoms with Crippen LogP contribution in [0.4, 0.5) is 17.6 Å². The molecule has 100 valence electrons. The van der Waals surface area contributed by atoms with Crippen LogP contribution < -0.4 is 16.2 Å². The molecular weight excluding hydrogens is 256 g/mol. The minimum absolute atomic E-state index is 0.250. The molecular formula is C10H10F4N2O2. The number of halogens is 4. The summed E-state index contributed by atoms with van der Waals surface area (Å²) in [6, 6.07) is 0.958. The highest BCUT2D eigenvalue weighted by Crippen LogP contribution is 2.33. The van der Waals surface area contributed by atoms with Crippen LogP contribution in [0.25, 0.3) is 0 Å². The third-order valence-electron chi connectivity index (χ3n) is 2.04. The summed E-state index contributed by atoms with van der Waals surface area (Å²) in [6.07, 6.45) is -4.82. The molecule has 18 heavy (non-hydrogen) atoms. The SMILES string of the molecule is NC(=O)C(N)COc1ccc(F)c(C(F)(F)F)c1. The van der Waals surface area contributed by atoms with Gasteiger partial charge in [0.25, 0.3) is 0 Å². The van der Waals surface area contributed by atoms with E-state index in [2.05, 4.69) is 0 Å². The van der Waals surface area contributed by atoms with E-state index >= 15 is 0 Å². The molecule has 1 unspecified atom stereocenters. The van der Waals surface area contributed by atoms with Crippen LogP contribution in [0.2, 0.25) is 0 Å². The van der Waals surface area contributed by atoms with Gasteiger partial charge in [0, 0.05) is 0 Å². The second kappa shape index (κ2) is 5.21. The first-order valence-corrected chi connectivity index (χ1v) is 4.76. The van der Waals surface area contributed by atoms with Crippen molar-refractivity contribution < 1.29 is 27.1 Å². The first kappa shape index (κ1) is 14.2. The zero-order chi connectivity index (χ0) is 13.9. The highest BCUT2D eigenvalue weighted by Gasteiger charge is 2.34. The van der Waals surface area contributed by atoms with Crippen molar-refractivity contribution in [2.75, 3.05) is 6.61 Å². The number of hydrogen-bond donors (Lipinski definition) is 2. The van der Waals surface area contributed by atoms with E-state index in [0.29, 0.717) is 12.1 Å². The van der Waals surface area contributed by atoms with Crippen molar-refractivity contribution in [1.29, 1.82) is 0 Å². The standard InChI is InChI=1S/C10H10F4N2O2/c11-7-2-1-5(3-6(7)10(12,13)14)18-4-8(15)9(16)17/h1-3,8H,4,15H2,(H2,16,17). The summed E-state index contributed by atoms with van der Waals surface area (Å²) in [6.45, 7) is -0.391. The average molecular weight is 266 g/mol. The normalized spacial score (nSPS) is 13.2. The van der Waals surface area contributed by atoms with E-state index < -0.39 is 36.1 Å². The van der Waals surface area contributed by atoms with Gasteiger partial charge in [0.1, 0.15) is 24.2 Å². The van der Waals surface area contributed by atoms with E-state index in [-0.39, 0.29) is 5.75 Å². The lowest BCUT2D eigenvalue weighted by molar-refractivity contribution is -0.140. The Bertz CT molecular complexity index is 448. The van der Waals surface area contributed by atoms with E-state index in [4.69, 9.17) is 16.2 Å². The van der Waals surface area contributed by atoms with Crippen molar-refractivity contribution in [2.45, 2.75) is 12.2 Å². The van der Waals surface area contributed by atoms with Crippen molar-refractivity contribution in [3.63, 3.8) is 0 Å². The zero-order valence-corrected chi connectivity index (χ0v) is 9.00. The molecule has 0 bridgehead atoms. The smallest absolute Gasteiger partial charge is 0.419 e. The number of amides is 1. The van der Waals surface area contributed by atoms with Crippen molar-refractivity contribution in [1.82, 2.24) is 0 Å². The van der Waals surface area contributed by atoms with Crippen LogP contribution in [0.5, 0.6) is 5.75 Å². The van der Waals surface area contributed by atoms with Crippen LogP contribution in [-0.2, 0) is 11.0 Å². The van der Waals surface area contributed by atoms with Gasteiger partial charge in [-0.25, -0.2) is 4.39 Å². The summed E-state index contributed by atoms with van der Waals surface area (Å²) < 4.78 is 54.8. The first-order chi connectivity index (χ1) is 8.21. The Kier molecular flexibility index (Phi) is 4.12. The number of carbonyl (C=O) groups is 1. The second-order valence-electron chi connectivity index (χ2n) is 3.46. The monoisotopic (exact) mass is 266 g/mol. The topological polar surface area (TPSA) is 78.3 Å². The lowest BCUT2D eigenvalue weighted by Gasteiger charge is -2.13. The number of nitrogens with two attached hydrogens (primary N) is 2. The molecule has 0 aliphatic rings. The van der Waals surface area contributed by atoms with E-state index in [1.54, 1.807) is 0 Å². The Morgan fingerprint density at radius 2 is 2.00 bits per heavy atom. The molecule has 4 N–H and O–H groups in total. The van der Waals surface area contributed by atoms with Crippen molar-refractivity contribution in [3.8, 4) is 5.75 Å². The van der Waals surface area contributed by atoms with E-state index in [1.807, 2.05) is 0 Å². The molecule has 1 rings (SSSR count). The van der Waals surface area contributed by atoms with Gasteiger partial charge in [-0.05, 0) is 18.2 Å². The molecule has 1 aromatic rings. The van der Waals surface area contributed by atoms with Crippen LogP contribution in [0.15, 0.2) is 18.2 Å². The molecule has 0 aliphatic heterocycles. The number of alkyl halides is 3. The van der Waals surface area contributed by atoms with Gasteiger partial charge in [-0.3, -0.25) is 4.79 Å². The largest absolute Gasteiger partial charge is 0.491 e.